The van der Waals surface area contributed by atoms with Crippen molar-refractivity contribution in [3.05, 3.63) is 0 Å². The summed E-state index contributed by atoms with van der Waals surface area (Å²) in [5, 5.41) is 0. The molecule has 0 aromatic heterocycles. The van der Waals surface area contributed by atoms with Gasteiger partial charge in [0, 0.05) is 24.0 Å². The first-order chi connectivity index (χ1) is 7.09. The van der Waals surface area contributed by atoms with Crippen molar-refractivity contribution in [3.63, 3.8) is 0 Å². The second-order valence-electron chi connectivity index (χ2n) is 5.34. The molecule has 2 aliphatic rings. The van der Waals surface area contributed by atoms with Gasteiger partial charge < -0.3 is 10.6 Å². The molecule has 3 nitrogen and oxygen atoms in total. The van der Waals surface area contributed by atoms with Gasteiger partial charge in [-0.05, 0) is 46.0 Å². The third-order valence-electron chi connectivity index (χ3n) is 3.57. The van der Waals surface area contributed by atoms with Gasteiger partial charge in [-0.1, -0.05) is 0 Å². The average molecular weight is 210 g/mol. The topological polar surface area (TPSA) is 46.3 Å². The number of carbonyl (C=O) groups excluding carboxylic acids is 1. The van der Waals surface area contributed by atoms with E-state index in [-0.39, 0.29) is 12.0 Å². The van der Waals surface area contributed by atoms with Crippen LogP contribution in [-0.2, 0) is 4.79 Å². The summed E-state index contributed by atoms with van der Waals surface area (Å²) in [6.07, 6.45) is 5.31. The Morgan fingerprint density at radius 1 is 1.27 bits per heavy atom. The Bertz CT molecular complexity index is 246. The third kappa shape index (κ3) is 2.33. The predicted octanol–water partition coefficient (Wildman–Crippen LogP) is 1.51. The number of carbonyl (C=O) groups is 1. The smallest absolute Gasteiger partial charge is 0.226 e. The molecule has 15 heavy (non-hydrogen) atoms. The number of nitrogens with zero attached hydrogens (tertiary/aromatic N) is 1. The van der Waals surface area contributed by atoms with Crippen LogP contribution in [0.5, 0.6) is 0 Å². The van der Waals surface area contributed by atoms with Crippen LogP contribution in [0.2, 0.25) is 0 Å². The minimum atomic E-state index is 0.211. The molecule has 0 bridgehead atoms. The summed E-state index contributed by atoms with van der Waals surface area (Å²) in [6, 6.07) is 1.14. The molecule has 86 valence electrons. The summed E-state index contributed by atoms with van der Waals surface area (Å²) in [7, 11) is 0. The Balaban J connectivity index is 1.98. The average Bonchev–Trinajstić information content (AvgIpc) is 2.87. The summed E-state index contributed by atoms with van der Waals surface area (Å²) < 4.78 is 0. The van der Waals surface area contributed by atoms with Gasteiger partial charge in [0.2, 0.25) is 5.91 Å². The van der Waals surface area contributed by atoms with E-state index in [4.69, 9.17) is 5.73 Å². The maximum atomic E-state index is 12.3. The fraction of sp³-hybridized carbons (Fsp3) is 0.917. The van der Waals surface area contributed by atoms with Gasteiger partial charge in [0.15, 0.2) is 0 Å². The van der Waals surface area contributed by atoms with Crippen molar-refractivity contribution in [3.8, 4) is 0 Å². The fourth-order valence-corrected chi connectivity index (χ4v) is 2.66. The lowest BCUT2D eigenvalue weighted by Crippen LogP contribution is -2.42. The zero-order valence-corrected chi connectivity index (χ0v) is 9.78. The molecule has 0 radical (unpaired) electrons. The first-order valence-corrected chi connectivity index (χ1v) is 6.17. The maximum Gasteiger partial charge on any atom is 0.226 e. The largest absolute Gasteiger partial charge is 0.337 e. The summed E-state index contributed by atoms with van der Waals surface area (Å²) in [5.74, 6) is 0.573. The highest BCUT2D eigenvalue weighted by molar-refractivity contribution is 5.80. The van der Waals surface area contributed by atoms with Crippen LogP contribution >= 0.6 is 0 Å². The summed E-state index contributed by atoms with van der Waals surface area (Å²) in [5.41, 5.74) is 5.86. The van der Waals surface area contributed by atoms with Crippen molar-refractivity contribution in [2.75, 3.05) is 0 Å². The minimum absolute atomic E-state index is 0.211. The Morgan fingerprint density at radius 3 is 2.33 bits per heavy atom. The van der Waals surface area contributed by atoms with Crippen molar-refractivity contribution in [1.29, 1.82) is 0 Å². The third-order valence-corrected chi connectivity index (χ3v) is 3.57. The van der Waals surface area contributed by atoms with E-state index in [1.165, 1.54) is 12.8 Å². The van der Waals surface area contributed by atoms with E-state index < -0.39 is 0 Å². The van der Waals surface area contributed by atoms with Crippen LogP contribution in [0.25, 0.3) is 0 Å². The van der Waals surface area contributed by atoms with Crippen molar-refractivity contribution < 1.29 is 4.79 Å². The molecule has 0 aromatic carbocycles. The van der Waals surface area contributed by atoms with E-state index in [2.05, 4.69) is 18.7 Å². The molecule has 2 saturated carbocycles. The predicted molar refractivity (Wildman–Crippen MR) is 60.3 cm³/mol. The normalized spacial score (nSPS) is 30.9. The van der Waals surface area contributed by atoms with Gasteiger partial charge in [0.1, 0.15) is 0 Å². The van der Waals surface area contributed by atoms with E-state index in [0.717, 1.165) is 19.3 Å². The Hall–Kier alpha value is -0.570. The molecule has 2 N–H and O–H groups in total. The molecule has 2 aliphatic carbocycles. The zero-order valence-electron chi connectivity index (χ0n) is 9.78. The minimum Gasteiger partial charge on any atom is -0.337 e. The monoisotopic (exact) mass is 210 g/mol. The van der Waals surface area contributed by atoms with Gasteiger partial charge in [-0.2, -0.15) is 0 Å². The Kier molecular flexibility index (Phi) is 3.01. The SMILES string of the molecule is CC(C)N(C(=O)C1CCC(N)C1)C1CC1. The molecule has 2 unspecified atom stereocenters. The van der Waals surface area contributed by atoms with E-state index in [1.807, 2.05) is 0 Å². The first-order valence-electron chi connectivity index (χ1n) is 6.17. The van der Waals surface area contributed by atoms with Crippen LogP contribution in [0, 0.1) is 5.92 Å². The molecule has 1 amide bonds. The van der Waals surface area contributed by atoms with Gasteiger partial charge in [0.25, 0.3) is 0 Å². The van der Waals surface area contributed by atoms with E-state index >= 15 is 0 Å². The lowest BCUT2D eigenvalue weighted by Gasteiger charge is -2.29. The molecule has 0 heterocycles. The quantitative estimate of drug-likeness (QED) is 0.767. The molecule has 0 spiro atoms. The zero-order chi connectivity index (χ0) is 11.0. The molecule has 2 fully saturated rings. The standard InChI is InChI=1S/C12H22N2O/c1-8(2)14(11-5-6-11)12(15)9-3-4-10(13)7-9/h8-11H,3-7,13H2,1-2H3. The van der Waals surface area contributed by atoms with E-state index in [9.17, 15) is 4.79 Å². The van der Waals surface area contributed by atoms with Gasteiger partial charge in [-0.25, -0.2) is 0 Å². The van der Waals surface area contributed by atoms with Crippen molar-refractivity contribution in [1.82, 2.24) is 4.90 Å². The molecular formula is C12H22N2O. The van der Waals surface area contributed by atoms with Gasteiger partial charge in [-0.3, -0.25) is 4.79 Å². The molecule has 2 rings (SSSR count). The molecule has 0 saturated heterocycles. The highest BCUT2D eigenvalue weighted by Crippen LogP contribution is 2.33. The molecule has 0 aliphatic heterocycles. The number of rotatable bonds is 3. The van der Waals surface area contributed by atoms with Gasteiger partial charge in [0.05, 0.1) is 0 Å². The molecule has 0 aromatic rings. The van der Waals surface area contributed by atoms with Crippen molar-refractivity contribution >= 4 is 5.91 Å². The second-order valence-corrected chi connectivity index (χ2v) is 5.34. The molecular weight excluding hydrogens is 188 g/mol. The lowest BCUT2D eigenvalue weighted by molar-refractivity contribution is -0.137. The lowest BCUT2D eigenvalue weighted by atomic mass is 10.1. The van der Waals surface area contributed by atoms with Crippen molar-refractivity contribution in [2.45, 2.75) is 64.1 Å². The maximum absolute atomic E-state index is 12.3. The van der Waals surface area contributed by atoms with Crippen LogP contribution in [-0.4, -0.2) is 28.9 Å². The van der Waals surface area contributed by atoms with Gasteiger partial charge in [-0.15, -0.1) is 0 Å². The summed E-state index contributed by atoms with van der Waals surface area (Å²) >= 11 is 0. The highest BCUT2D eigenvalue weighted by atomic mass is 16.2. The van der Waals surface area contributed by atoms with Gasteiger partial charge >= 0.3 is 0 Å². The molecule has 2 atom stereocenters. The van der Waals surface area contributed by atoms with Crippen LogP contribution in [0.3, 0.4) is 0 Å². The van der Waals surface area contributed by atoms with Crippen LogP contribution < -0.4 is 5.73 Å². The highest BCUT2D eigenvalue weighted by Gasteiger charge is 2.39. The Morgan fingerprint density at radius 2 is 1.93 bits per heavy atom. The van der Waals surface area contributed by atoms with Crippen LogP contribution in [0.4, 0.5) is 0 Å². The molecule has 3 heteroatoms. The van der Waals surface area contributed by atoms with Crippen LogP contribution in [0.15, 0.2) is 0 Å². The summed E-state index contributed by atoms with van der Waals surface area (Å²) in [4.78, 5) is 14.4. The number of hydrogen-bond donors (Lipinski definition) is 1. The fourth-order valence-electron chi connectivity index (χ4n) is 2.66. The van der Waals surface area contributed by atoms with Crippen LogP contribution in [0.1, 0.15) is 46.0 Å². The summed E-state index contributed by atoms with van der Waals surface area (Å²) in [6.45, 7) is 4.23. The first kappa shape index (κ1) is 10.9. The van der Waals surface area contributed by atoms with E-state index in [1.54, 1.807) is 0 Å². The second kappa shape index (κ2) is 4.12. The van der Waals surface area contributed by atoms with E-state index in [0.29, 0.717) is 18.0 Å². The Labute approximate surface area is 92.0 Å². The number of hydrogen-bond acceptors (Lipinski definition) is 2. The van der Waals surface area contributed by atoms with Crippen molar-refractivity contribution in [2.24, 2.45) is 11.7 Å². The number of amides is 1. The number of nitrogens with two attached hydrogens (primary N) is 1.